The van der Waals surface area contributed by atoms with Crippen molar-refractivity contribution >= 4 is 49.1 Å². The van der Waals surface area contributed by atoms with E-state index >= 15 is 0 Å². The Hall–Kier alpha value is -1.53. The highest BCUT2D eigenvalue weighted by Crippen LogP contribution is 2.35. The third kappa shape index (κ3) is 6.02. The van der Waals surface area contributed by atoms with E-state index in [1.165, 1.54) is 0 Å². The molecule has 0 aliphatic heterocycles. The Morgan fingerprint density at radius 2 is 1.54 bits per heavy atom. The van der Waals surface area contributed by atoms with Crippen LogP contribution in [-0.4, -0.2) is 12.0 Å². The second-order valence-electron chi connectivity index (χ2n) is 6.63. The summed E-state index contributed by atoms with van der Waals surface area (Å²) < 4.78 is 7.65. The number of ether oxygens (including phenoxy) is 1. The Kier molecular flexibility index (Phi) is 7.53. The molecule has 6 heteroatoms. The Balaban J connectivity index is 1.99. The van der Waals surface area contributed by atoms with E-state index in [4.69, 9.17) is 4.74 Å². The minimum atomic E-state index is -0.0349. The number of nitrogens with one attached hydrogen (secondary N) is 2. The molecule has 0 atom stereocenters. The zero-order chi connectivity index (χ0) is 19.3. The molecule has 0 fully saturated rings. The van der Waals surface area contributed by atoms with Crippen LogP contribution in [0.5, 0.6) is 5.75 Å². The summed E-state index contributed by atoms with van der Waals surface area (Å²) in [6, 6.07) is 11.8. The van der Waals surface area contributed by atoms with Gasteiger partial charge >= 0.3 is 0 Å². The monoisotopic (exact) mass is 482 g/mol. The van der Waals surface area contributed by atoms with Crippen LogP contribution < -0.4 is 15.4 Å². The number of anilines is 2. The van der Waals surface area contributed by atoms with Crippen LogP contribution in [0, 0.1) is 5.92 Å². The molecule has 0 aliphatic rings. The second kappa shape index (κ2) is 9.42. The lowest BCUT2D eigenvalue weighted by Gasteiger charge is -2.15. The van der Waals surface area contributed by atoms with E-state index in [1.807, 2.05) is 64.1 Å². The zero-order valence-corrected chi connectivity index (χ0v) is 18.6. The predicted octanol–water partition coefficient (Wildman–Crippen LogP) is 6.21. The van der Waals surface area contributed by atoms with Gasteiger partial charge in [-0.2, -0.15) is 0 Å². The Labute approximate surface area is 172 Å². The Bertz CT molecular complexity index is 736. The summed E-state index contributed by atoms with van der Waals surface area (Å²) in [7, 11) is 0. The molecule has 0 spiro atoms. The molecule has 0 aliphatic carbocycles. The van der Waals surface area contributed by atoms with Crippen molar-refractivity contribution in [1.82, 2.24) is 0 Å². The first kappa shape index (κ1) is 20.8. The van der Waals surface area contributed by atoms with Gasteiger partial charge in [0.25, 0.3) is 0 Å². The van der Waals surface area contributed by atoms with Crippen LogP contribution in [0.15, 0.2) is 45.3 Å². The topological polar surface area (TPSA) is 50.4 Å². The average Bonchev–Trinajstić information content (AvgIpc) is 2.57. The molecule has 0 saturated heterocycles. The molecule has 0 unspecified atom stereocenters. The highest BCUT2D eigenvalue weighted by molar-refractivity contribution is 9.11. The first-order valence-electron chi connectivity index (χ1n) is 8.55. The van der Waals surface area contributed by atoms with Gasteiger partial charge in [0, 0.05) is 23.8 Å². The molecule has 2 aromatic rings. The summed E-state index contributed by atoms with van der Waals surface area (Å²) in [5, 5.41) is 6.27. The molecule has 0 heterocycles. The standard InChI is InChI=1S/C20H24Br2N2O2/c1-12(2)20(25)24-16-7-5-15(6-8-16)23-11-14-9-17(21)19(18(22)10-14)26-13(3)4/h5-10,12-13,23H,11H2,1-4H3,(H,24,25). The third-order valence-electron chi connectivity index (χ3n) is 3.59. The highest BCUT2D eigenvalue weighted by Gasteiger charge is 2.11. The zero-order valence-electron chi connectivity index (χ0n) is 15.4. The van der Waals surface area contributed by atoms with Crippen molar-refractivity contribution in [3.05, 3.63) is 50.9 Å². The maximum Gasteiger partial charge on any atom is 0.226 e. The van der Waals surface area contributed by atoms with Crippen LogP contribution in [0.25, 0.3) is 0 Å². The first-order chi connectivity index (χ1) is 12.3. The molecule has 2 aromatic carbocycles. The van der Waals surface area contributed by atoms with Gasteiger partial charge < -0.3 is 15.4 Å². The molecule has 2 rings (SSSR count). The van der Waals surface area contributed by atoms with E-state index < -0.39 is 0 Å². The molecule has 4 nitrogen and oxygen atoms in total. The number of hydrogen-bond acceptors (Lipinski definition) is 3. The van der Waals surface area contributed by atoms with Crippen LogP contribution in [0.1, 0.15) is 33.3 Å². The van der Waals surface area contributed by atoms with Crippen molar-refractivity contribution < 1.29 is 9.53 Å². The number of amides is 1. The van der Waals surface area contributed by atoms with Crippen molar-refractivity contribution in [2.45, 2.75) is 40.3 Å². The fourth-order valence-corrected chi connectivity index (χ4v) is 3.69. The summed E-state index contributed by atoms with van der Waals surface area (Å²) >= 11 is 7.15. The molecular weight excluding hydrogens is 460 g/mol. The minimum Gasteiger partial charge on any atom is -0.489 e. The maximum absolute atomic E-state index is 11.7. The number of carbonyl (C=O) groups excluding carboxylic acids is 1. The van der Waals surface area contributed by atoms with Crippen LogP contribution in [0.3, 0.4) is 0 Å². The molecule has 0 bridgehead atoms. The summed E-state index contributed by atoms with van der Waals surface area (Å²) in [5.74, 6) is 0.797. The van der Waals surface area contributed by atoms with Crippen molar-refractivity contribution in [1.29, 1.82) is 0 Å². The Morgan fingerprint density at radius 1 is 1.00 bits per heavy atom. The van der Waals surface area contributed by atoms with Crippen LogP contribution in [0.4, 0.5) is 11.4 Å². The molecule has 0 radical (unpaired) electrons. The molecule has 2 N–H and O–H groups in total. The SMILES string of the molecule is CC(C)Oc1c(Br)cc(CNc2ccc(NC(=O)C(C)C)cc2)cc1Br. The number of hydrogen-bond donors (Lipinski definition) is 2. The summed E-state index contributed by atoms with van der Waals surface area (Å²) in [5.41, 5.74) is 2.91. The number of rotatable bonds is 7. The fourth-order valence-electron chi connectivity index (χ4n) is 2.22. The highest BCUT2D eigenvalue weighted by atomic mass is 79.9. The van der Waals surface area contributed by atoms with Gasteiger partial charge in [-0.25, -0.2) is 0 Å². The van der Waals surface area contributed by atoms with E-state index in [0.29, 0.717) is 6.54 Å². The molecule has 140 valence electrons. The average molecular weight is 484 g/mol. The normalized spacial score (nSPS) is 10.9. The van der Waals surface area contributed by atoms with Crippen LogP contribution in [0.2, 0.25) is 0 Å². The van der Waals surface area contributed by atoms with Crippen molar-refractivity contribution in [3.63, 3.8) is 0 Å². The van der Waals surface area contributed by atoms with Crippen molar-refractivity contribution in [3.8, 4) is 5.75 Å². The van der Waals surface area contributed by atoms with Gasteiger partial charge in [-0.1, -0.05) is 13.8 Å². The predicted molar refractivity (Wildman–Crippen MR) is 115 cm³/mol. The van der Waals surface area contributed by atoms with Gasteiger partial charge in [0.05, 0.1) is 15.0 Å². The van der Waals surface area contributed by atoms with Crippen LogP contribution in [-0.2, 0) is 11.3 Å². The number of carbonyl (C=O) groups is 1. The number of halogens is 2. The first-order valence-corrected chi connectivity index (χ1v) is 10.1. The largest absolute Gasteiger partial charge is 0.489 e. The molecular formula is C20H24Br2N2O2. The van der Waals surface area contributed by atoms with Crippen molar-refractivity contribution in [2.24, 2.45) is 5.92 Å². The smallest absolute Gasteiger partial charge is 0.226 e. The van der Waals surface area contributed by atoms with E-state index in [1.54, 1.807) is 0 Å². The molecule has 26 heavy (non-hydrogen) atoms. The van der Waals surface area contributed by atoms with Gasteiger partial charge in [-0.3, -0.25) is 4.79 Å². The van der Waals surface area contributed by atoms with Gasteiger partial charge in [-0.15, -0.1) is 0 Å². The van der Waals surface area contributed by atoms with E-state index in [9.17, 15) is 4.79 Å². The molecule has 0 aromatic heterocycles. The minimum absolute atomic E-state index is 0.0177. The molecule has 1 amide bonds. The van der Waals surface area contributed by atoms with E-state index in [2.05, 4.69) is 42.5 Å². The van der Waals surface area contributed by atoms with Gasteiger partial charge in [-0.05, 0) is 87.7 Å². The Morgan fingerprint density at radius 3 is 2.04 bits per heavy atom. The van der Waals surface area contributed by atoms with Crippen molar-refractivity contribution in [2.75, 3.05) is 10.6 Å². The lowest BCUT2D eigenvalue weighted by Crippen LogP contribution is -2.17. The fraction of sp³-hybridized carbons (Fsp3) is 0.350. The maximum atomic E-state index is 11.7. The van der Waals surface area contributed by atoms with Gasteiger partial charge in [0.15, 0.2) is 0 Å². The quantitative estimate of drug-likeness (QED) is 0.492. The van der Waals surface area contributed by atoms with Gasteiger partial charge in [0.1, 0.15) is 5.75 Å². The summed E-state index contributed by atoms with van der Waals surface area (Å²) in [6.07, 6.45) is 0.112. The summed E-state index contributed by atoms with van der Waals surface area (Å²) in [4.78, 5) is 11.7. The number of benzene rings is 2. The lowest BCUT2D eigenvalue weighted by molar-refractivity contribution is -0.118. The van der Waals surface area contributed by atoms with Gasteiger partial charge in [0.2, 0.25) is 5.91 Å². The second-order valence-corrected chi connectivity index (χ2v) is 8.34. The molecule has 0 saturated carbocycles. The van der Waals surface area contributed by atoms with E-state index in [0.717, 1.165) is 31.6 Å². The third-order valence-corrected chi connectivity index (χ3v) is 4.76. The van der Waals surface area contributed by atoms with E-state index in [-0.39, 0.29) is 17.9 Å². The van der Waals surface area contributed by atoms with Crippen LogP contribution >= 0.6 is 31.9 Å². The summed E-state index contributed by atoms with van der Waals surface area (Å²) in [6.45, 7) is 8.43. The lowest BCUT2D eigenvalue weighted by atomic mass is 10.2.